The molecule has 30 heavy (non-hydrogen) atoms. The predicted octanol–water partition coefficient (Wildman–Crippen LogP) is 3.88. The monoisotopic (exact) mass is 424 g/mol. The van der Waals surface area contributed by atoms with E-state index in [9.17, 15) is 14.4 Å². The topological polar surface area (TPSA) is 57.7 Å². The number of thiophene rings is 1. The van der Waals surface area contributed by atoms with Crippen LogP contribution in [0.3, 0.4) is 0 Å². The molecule has 3 amide bonds. The molecule has 1 saturated carbocycles. The summed E-state index contributed by atoms with van der Waals surface area (Å²) in [5.74, 6) is -0.434. The molecule has 2 heterocycles. The van der Waals surface area contributed by atoms with Gasteiger partial charge in [0.25, 0.3) is 0 Å². The van der Waals surface area contributed by atoms with Crippen LogP contribution in [0, 0.1) is 11.8 Å². The average Bonchev–Trinajstić information content (AvgIpc) is 3.37. The molecule has 0 spiro atoms. The number of amides is 3. The molecule has 6 heteroatoms. The third-order valence-electron chi connectivity index (χ3n) is 6.27. The van der Waals surface area contributed by atoms with Crippen LogP contribution in [0.2, 0.25) is 0 Å². The van der Waals surface area contributed by atoms with E-state index in [2.05, 4.69) is 12.1 Å². The molecule has 5 nitrogen and oxygen atoms in total. The lowest BCUT2D eigenvalue weighted by Gasteiger charge is -2.24. The highest BCUT2D eigenvalue weighted by Gasteiger charge is 2.47. The van der Waals surface area contributed by atoms with Crippen LogP contribution in [0.4, 0.5) is 0 Å². The standard InChI is InChI=1S/C24H28N2O3S/c27-22(13-15-26-23(28)20-10-4-5-11-21(20)24(26)29)25(17-19-9-6-16-30-19)14-12-18-7-2-1-3-8-18/h1-3,6-9,16,20-21H,4-5,10-15,17H2/t20-,21+. The molecule has 1 aromatic carbocycles. The SMILES string of the molecule is O=C(CCN1C(=O)[C@H]2CCCC[C@H]2C1=O)N(CCc1ccccc1)Cc1cccs1. The van der Waals surface area contributed by atoms with E-state index in [0.29, 0.717) is 13.1 Å². The molecule has 2 aliphatic rings. The molecule has 2 aromatic rings. The maximum Gasteiger partial charge on any atom is 0.233 e. The number of carbonyl (C=O) groups is 3. The minimum absolute atomic E-state index is 0.00481. The van der Waals surface area contributed by atoms with Crippen LogP contribution in [-0.4, -0.2) is 40.6 Å². The largest absolute Gasteiger partial charge is 0.337 e. The van der Waals surface area contributed by atoms with Crippen molar-refractivity contribution in [3.8, 4) is 0 Å². The normalized spacial score (nSPS) is 21.0. The summed E-state index contributed by atoms with van der Waals surface area (Å²) >= 11 is 1.64. The summed E-state index contributed by atoms with van der Waals surface area (Å²) < 4.78 is 0. The molecule has 0 bridgehead atoms. The third kappa shape index (κ3) is 4.64. The van der Waals surface area contributed by atoms with Crippen molar-refractivity contribution in [3.05, 3.63) is 58.3 Å². The van der Waals surface area contributed by atoms with Gasteiger partial charge in [-0.25, -0.2) is 0 Å². The second-order valence-corrected chi connectivity index (χ2v) is 9.24. The Bertz CT molecular complexity index is 857. The Kier molecular flexibility index (Phi) is 6.62. The molecular formula is C24H28N2O3S. The van der Waals surface area contributed by atoms with Gasteiger partial charge in [0.15, 0.2) is 0 Å². The number of benzene rings is 1. The summed E-state index contributed by atoms with van der Waals surface area (Å²) in [7, 11) is 0. The molecule has 158 valence electrons. The fourth-order valence-electron chi connectivity index (χ4n) is 4.61. The predicted molar refractivity (Wildman–Crippen MR) is 117 cm³/mol. The maximum atomic E-state index is 13.1. The van der Waals surface area contributed by atoms with Crippen molar-refractivity contribution in [2.75, 3.05) is 13.1 Å². The van der Waals surface area contributed by atoms with Crippen LogP contribution in [0.15, 0.2) is 47.8 Å². The van der Waals surface area contributed by atoms with Crippen molar-refractivity contribution in [2.24, 2.45) is 11.8 Å². The first-order valence-corrected chi connectivity index (χ1v) is 11.7. The maximum absolute atomic E-state index is 13.1. The lowest BCUT2D eigenvalue weighted by atomic mass is 9.81. The van der Waals surface area contributed by atoms with Gasteiger partial charge in [0.2, 0.25) is 17.7 Å². The smallest absolute Gasteiger partial charge is 0.233 e. The Balaban J connectivity index is 1.38. The average molecular weight is 425 g/mol. The van der Waals surface area contributed by atoms with Crippen molar-refractivity contribution < 1.29 is 14.4 Å². The summed E-state index contributed by atoms with van der Waals surface area (Å²) in [6.45, 7) is 1.39. The number of nitrogens with zero attached hydrogens (tertiary/aromatic N) is 2. The van der Waals surface area contributed by atoms with Gasteiger partial charge < -0.3 is 4.90 Å². The summed E-state index contributed by atoms with van der Waals surface area (Å²) in [6, 6.07) is 14.2. The van der Waals surface area contributed by atoms with Crippen LogP contribution >= 0.6 is 11.3 Å². The lowest BCUT2D eigenvalue weighted by molar-refractivity contribution is -0.141. The molecule has 0 N–H and O–H groups in total. The molecule has 0 unspecified atom stereocenters. The molecule has 0 radical (unpaired) electrons. The lowest BCUT2D eigenvalue weighted by Crippen LogP contribution is -2.38. The minimum atomic E-state index is -0.151. The number of hydrogen-bond donors (Lipinski definition) is 0. The summed E-state index contributed by atoms with van der Waals surface area (Å²) in [5, 5.41) is 2.01. The van der Waals surface area contributed by atoms with Gasteiger partial charge in [0, 0.05) is 24.4 Å². The Morgan fingerprint density at radius 3 is 2.33 bits per heavy atom. The van der Waals surface area contributed by atoms with Gasteiger partial charge in [-0.1, -0.05) is 49.2 Å². The number of likely N-dealkylation sites (tertiary alicyclic amines) is 1. The third-order valence-corrected chi connectivity index (χ3v) is 7.14. The molecule has 4 rings (SSSR count). The van der Waals surface area contributed by atoms with Crippen LogP contribution in [-0.2, 0) is 27.3 Å². The van der Waals surface area contributed by atoms with Gasteiger partial charge in [-0.2, -0.15) is 0 Å². The van der Waals surface area contributed by atoms with Crippen LogP contribution in [0.1, 0.15) is 42.5 Å². The van der Waals surface area contributed by atoms with Gasteiger partial charge in [0.1, 0.15) is 0 Å². The van der Waals surface area contributed by atoms with E-state index in [1.807, 2.05) is 40.6 Å². The van der Waals surface area contributed by atoms with Crippen molar-refractivity contribution in [2.45, 2.75) is 45.1 Å². The second-order valence-electron chi connectivity index (χ2n) is 8.21. The first kappa shape index (κ1) is 20.8. The molecule has 1 aliphatic heterocycles. The number of carbonyl (C=O) groups excluding carboxylic acids is 3. The van der Waals surface area contributed by atoms with E-state index in [-0.39, 0.29) is 42.5 Å². The summed E-state index contributed by atoms with van der Waals surface area (Å²) in [4.78, 5) is 42.8. The Morgan fingerprint density at radius 2 is 1.70 bits per heavy atom. The zero-order chi connectivity index (χ0) is 20.9. The molecular weight excluding hydrogens is 396 g/mol. The van der Waals surface area contributed by atoms with Crippen molar-refractivity contribution in [1.82, 2.24) is 9.80 Å². The Morgan fingerprint density at radius 1 is 1.00 bits per heavy atom. The Labute approximate surface area is 181 Å². The van der Waals surface area contributed by atoms with Crippen LogP contribution in [0.5, 0.6) is 0 Å². The number of hydrogen-bond acceptors (Lipinski definition) is 4. The highest BCUT2D eigenvalue weighted by molar-refractivity contribution is 7.09. The van der Waals surface area contributed by atoms with Crippen LogP contribution in [0.25, 0.3) is 0 Å². The molecule has 1 aromatic heterocycles. The summed E-state index contributed by atoms with van der Waals surface area (Å²) in [5.41, 5.74) is 1.19. The number of fused-ring (bicyclic) bond motifs is 1. The zero-order valence-corrected chi connectivity index (χ0v) is 18.0. The van der Waals surface area contributed by atoms with E-state index in [1.165, 1.54) is 10.5 Å². The fraction of sp³-hybridized carbons (Fsp3) is 0.458. The molecule has 1 saturated heterocycles. The first-order valence-electron chi connectivity index (χ1n) is 10.8. The minimum Gasteiger partial charge on any atom is -0.337 e. The Hall–Kier alpha value is -2.47. The van der Waals surface area contributed by atoms with E-state index >= 15 is 0 Å². The number of imide groups is 1. The van der Waals surface area contributed by atoms with Gasteiger partial charge in [-0.15, -0.1) is 11.3 Å². The zero-order valence-electron chi connectivity index (χ0n) is 17.2. The van der Waals surface area contributed by atoms with Gasteiger partial charge in [0.05, 0.1) is 18.4 Å². The van der Waals surface area contributed by atoms with E-state index in [0.717, 1.165) is 37.0 Å². The number of rotatable bonds is 8. The van der Waals surface area contributed by atoms with Crippen molar-refractivity contribution in [3.63, 3.8) is 0 Å². The highest BCUT2D eigenvalue weighted by atomic mass is 32.1. The summed E-state index contributed by atoms with van der Waals surface area (Å²) in [6.07, 6.45) is 4.62. The van der Waals surface area contributed by atoms with Gasteiger partial charge >= 0.3 is 0 Å². The second kappa shape index (κ2) is 9.56. The van der Waals surface area contributed by atoms with Crippen molar-refractivity contribution in [1.29, 1.82) is 0 Å². The molecule has 2 fully saturated rings. The van der Waals surface area contributed by atoms with Gasteiger partial charge in [-0.3, -0.25) is 19.3 Å². The van der Waals surface area contributed by atoms with Gasteiger partial charge in [-0.05, 0) is 36.3 Å². The molecule has 2 atom stereocenters. The fourth-order valence-corrected chi connectivity index (χ4v) is 5.33. The molecule has 1 aliphatic carbocycles. The highest BCUT2D eigenvalue weighted by Crippen LogP contribution is 2.38. The van der Waals surface area contributed by atoms with Crippen molar-refractivity contribution >= 4 is 29.1 Å². The first-order chi connectivity index (χ1) is 14.6. The van der Waals surface area contributed by atoms with E-state index < -0.39 is 0 Å². The quantitative estimate of drug-likeness (QED) is 0.604. The van der Waals surface area contributed by atoms with E-state index in [4.69, 9.17) is 0 Å². The van der Waals surface area contributed by atoms with Crippen LogP contribution < -0.4 is 0 Å². The van der Waals surface area contributed by atoms with E-state index in [1.54, 1.807) is 11.3 Å².